The maximum Gasteiger partial charge on any atom is 0.187 e. The van der Waals surface area contributed by atoms with Crippen molar-refractivity contribution in [3.05, 3.63) is 23.3 Å². The molecule has 0 unspecified atom stereocenters. The molecule has 5 aliphatic carbocycles. The molecule has 6 fully saturated rings. The number of hydrogen-bond donors (Lipinski definition) is 12. The number of aliphatic hydroxyl groups excluding tert-OH is 12. The van der Waals surface area contributed by atoms with Crippen molar-refractivity contribution in [2.75, 3.05) is 26.4 Å². The van der Waals surface area contributed by atoms with Gasteiger partial charge in [0.2, 0.25) is 0 Å². The van der Waals surface area contributed by atoms with E-state index in [1.807, 2.05) is 6.92 Å². The van der Waals surface area contributed by atoms with Crippen molar-refractivity contribution in [1.82, 2.24) is 0 Å². The molecule has 3 aliphatic heterocycles. The molecule has 3 saturated heterocycles. The summed E-state index contributed by atoms with van der Waals surface area (Å²) in [4.78, 5) is 0. The van der Waals surface area contributed by atoms with E-state index in [1.165, 1.54) is 18.1 Å². The first-order valence-corrected chi connectivity index (χ1v) is 24.1. The predicted octanol–water partition coefficient (Wildman–Crippen LogP) is -0.495. The van der Waals surface area contributed by atoms with Gasteiger partial charge in [-0.25, -0.2) is 0 Å². The lowest BCUT2D eigenvalue weighted by Crippen LogP contribution is -2.67. The SMILES string of the molecule is C[C@@H]1O[C@@H](O[C@H]2[C@H](O)[C@@H](O)[C@H](O[C@H]3CC[C@@]4(C)[C@@H](CC[C@]5(C)[C@H]4C=CC4=C6CC(C)(C)CC[C@]6(CO)[C@H](O)C[C@]45C)[C@]3(C)CO)O[C@@H]2CO[C@@H]2O[C@H](CO)[C@@H](O)[C@H](O)[C@H]2O)[C@H](O)[C@H](O)[C@H]1O. The van der Waals surface area contributed by atoms with Gasteiger partial charge in [0.15, 0.2) is 18.9 Å². The van der Waals surface area contributed by atoms with Crippen molar-refractivity contribution in [1.29, 1.82) is 0 Å². The molecule has 18 nitrogen and oxygen atoms in total. The van der Waals surface area contributed by atoms with Crippen LogP contribution in [0.15, 0.2) is 23.3 Å². The average molecular weight is 943 g/mol. The summed E-state index contributed by atoms with van der Waals surface area (Å²) in [7, 11) is 0. The number of fused-ring (bicyclic) bond motifs is 6. The third-order valence-electron chi connectivity index (χ3n) is 18.9. The van der Waals surface area contributed by atoms with Crippen LogP contribution in [0.4, 0.5) is 0 Å². The van der Waals surface area contributed by atoms with Crippen LogP contribution >= 0.6 is 0 Å². The van der Waals surface area contributed by atoms with E-state index in [1.54, 1.807) is 0 Å². The summed E-state index contributed by atoms with van der Waals surface area (Å²) in [5.74, 6) is -0.0380. The van der Waals surface area contributed by atoms with Crippen molar-refractivity contribution >= 4 is 0 Å². The Hall–Kier alpha value is -1.24. The lowest BCUT2D eigenvalue weighted by Gasteiger charge is -2.70. The number of hydrogen-bond acceptors (Lipinski definition) is 18. The van der Waals surface area contributed by atoms with Gasteiger partial charge in [-0.3, -0.25) is 0 Å². The molecular weight excluding hydrogens is 865 g/mol. The standard InChI is InChI=1S/C48H78O18/c1-22-31(53)33(55)37(59)41(62-22)66-39-26(19-61-40-36(58)34(56)32(54)25(18-49)63-40)64-42(38(60)35(39)57)65-30-11-12-44(4)27(45(30,5)20-50)10-13-46(6)28(44)9-8-23-24-16-43(2,3)14-15-48(24,21-51)29(52)17-47(23,46)7/h8-9,22,25-42,49-60H,10-21H2,1-7H3/t22-,25+,26+,27+,28-,29+,30-,31-,32+,33+,34-,35+,36+,37+,38+,39+,40+,41-,42-,44-,45-,46+,47+,48+/m0/s1. The Morgan fingerprint density at radius 3 is 1.95 bits per heavy atom. The lowest BCUT2D eigenvalue weighted by atomic mass is 9.35. The van der Waals surface area contributed by atoms with Crippen LogP contribution in [0.5, 0.6) is 0 Å². The van der Waals surface area contributed by atoms with Gasteiger partial charge in [0.05, 0.1) is 44.7 Å². The Bertz CT molecular complexity index is 1810. The van der Waals surface area contributed by atoms with E-state index in [9.17, 15) is 61.3 Å². The van der Waals surface area contributed by atoms with E-state index in [2.05, 4.69) is 46.8 Å². The van der Waals surface area contributed by atoms with Crippen molar-refractivity contribution in [3.8, 4) is 0 Å². The summed E-state index contributed by atoms with van der Waals surface area (Å²) >= 11 is 0. The summed E-state index contributed by atoms with van der Waals surface area (Å²) in [5, 5.41) is 131. The highest BCUT2D eigenvalue weighted by molar-refractivity contribution is 5.47. The largest absolute Gasteiger partial charge is 0.396 e. The predicted molar refractivity (Wildman–Crippen MR) is 231 cm³/mol. The molecule has 0 spiro atoms. The number of allylic oxidation sites excluding steroid dienone is 3. The van der Waals surface area contributed by atoms with Gasteiger partial charge < -0.3 is 89.7 Å². The molecule has 18 heteroatoms. The van der Waals surface area contributed by atoms with Gasteiger partial charge in [-0.1, -0.05) is 59.3 Å². The molecule has 0 aromatic carbocycles. The molecule has 12 N–H and O–H groups in total. The fraction of sp³-hybridized carbons (Fsp3) is 0.917. The van der Waals surface area contributed by atoms with Gasteiger partial charge in [-0.05, 0) is 91.9 Å². The van der Waals surface area contributed by atoms with Gasteiger partial charge in [-0.2, -0.15) is 0 Å². The Balaban J connectivity index is 1.06. The van der Waals surface area contributed by atoms with Crippen molar-refractivity contribution in [2.24, 2.45) is 44.3 Å². The second-order valence-electron chi connectivity index (χ2n) is 23.1. The summed E-state index contributed by atoms with van der Waals surface area (Å²) < 4.78 is 36.1. The molecule has 8 rings (SSSR count). The first-order chi connectivity index (χ1) is 30.9. The third kappa shape index (κ3) is 7.84. The molecule has 3 heterocycles. The molecule has 3 saturated carbocycles. The fourth-order valence-corrected chi connectivity index (χ4v) is 14.4. The average Bonchev–Trinajstić information content (AvgIpc) is 3.27. The normalized spacial score (nSPS) is 54.8. The minimum Gasteiger partial charge on any atom is -0.396 e. The van der Waals surface area contributed by atoms with E-state index in [0.29, 0.717) is 19.3 Å². The summed E-state index contributed by atoms with van der Waals surface area (Å²) in [5.41, 5.74) is -0.0774. The van der Waals surface area contributed by atoms with Gasteiger partial charge >= 0.3 is 0 Å². The zero-order valence-electron chi connectivity index (χ0n) is 39.4. The maximum atomic E-state index is 12.1. The van der Waals surface area contributed by atoms with Crippen LogP contribution in [0, 0.1) is 44.3 Å². The lowest BCUT2D eigenvalue weighted by molar-refractivity contribution is -0.374. The third-order valence-corrected chi connectivity index (χ3v) is 18.9. The van der Waals surface area contributed by atoms with E-state index in [4.69, 9.17) is 28.4 Å². The van der Waals surface area contributed by atoms with Crippen molar-refractivity contribution in [3.63, 3.8) is 0 Å². The van der Waals surface area contributed by atoms with Gasteiger partial charge in [0, 0.05) is 16.2 Å². The molecular formula is C48H78O18. The molecule has 378 valence electrons. The second kappa shape index (κ2) is 18.1. The van der Waals surface area contributed by atoms with Crippen LogP contribution in [-0.2, 0) is 28.4 Å². The van der Waals surface area contributed by atoms with Crippen LogP contribution < -0.4 is 0 Å². The summed E-state index contributed by atoms with van der Waals surface area (Å²) in [6.07, 6.45) is -14.9. The quantitative estimate of drug-likeness (QED) is 0.123. The van der Waals surface area contributed by atoms with Crippen LogP contribution in [0.3, 0.4) is 0 Å². The molecule has 8 aliphatic rings. The maximum absolute atomic E-state index is 12.1. The molecule has 0 aromatic heterocycles. The Labute approximate surface area is 387 Å². The number of aliphatic hydroxyl groups is 12. The van der Waals surface area contributed by atoms with E-state index in [-0.39, 0.29) is 46.7 Å². The van der Waals surface area contributed by atoms with Crippen LogP contribution in [0.1, 0.15) is 99.8 Å². The second-order valence-corrected chi connectivity index (χ2v) is 23.1. The smallest absolute Gasteiger partial charge is 0.187 e. The van der Waals surface area contributed by atoms with Gasteiger partial charge in [0.1, 0.15) is 67.1 Å². The monoisotopic (exact) mass is 943 g/mol. The summed E-state index contributed by atoms with van der Waals surface area (Å²) in [6, 6.07) is 0. The van der Waals surface area contributed by atoms with Crippen molar-refractivity contribution in [2.45, 2.75) is 204 Å². The molecule has 24 atom stereocenters. The van der Waals surface area contributed by atoms with Gasteiger partial charge in [0.25, 0.3) is 0 Å². The number of rotatable bonds is 10. The van der Waals surface area contributed by atoms with Gasteiger partial charge in [-0.15, -0.1) is 0 Å². The van der Waals surface area contributed by atoms with Crippen LogP contribution in [0.2, 0.25) is 0 Å². The van der Waals surface area contributed by atoms with E-state index < -0.39 is 128 Å². The summed E-state index contributed by atoms with van der Waals surface area (Å²) in [6.45, 7) is 13.3. The van der Waals surface area contributed by atoms with E-state index >= 15 is 0 Å². The zero-order valence-corrected chi connectivity index (χ0v) is 39.4. The molecule has 0 radical (unpaired) electrons. The minimum absolute atomic E-state index is 0.0333. The van der Waals surface area contributed by atoms with Crippen LogP contribution in [0.25, 0.3) is 0 Å². The Morgan fingerprint density at radius 2 is 1.29 bits per heavy atom. The molecule has 66 heavy (non-hydrogen) atoms. The zero-order chi connectivity index (χ0) is 48.3. The number of ether oxygens (including phenoxy) is 6. The molecule has 0 amide bonds. The fourth-order valence-electron chi connectivity index (χ4n) is 14.4. The highest BCUT2D eigenvalue weighted by atomic mass is 16.8. The Morgan fingerprint density at radius 1 is 0.652 bits per heavy atom. The highest BCUT2D eigenvalue weighted by Crippen LogP contribution is 2.74. The first-order valence-electron chi connectivity index (χ1n) is 24.1. The van der Waals surface area contributed by atoms with E-state index in [0.717, 1.165) is 32.1 Å². The van der Waals surface area contributed by atoms with Crippen LogP contribution in [-0.4, -0.2) is 192 Å². The molecule has 0 aromatic rings. The Kier molecular flexibility index (Phi) is 14.0. The minimum atomic E-state index is -1.81. The van der Waals surface area contributed by atoms with Crippen molar-refractivity contribution < 1.29 is 89.7 Å². The molecule has 0 bridgehead atoms. The first kappa shape index (κ1) is 51.1. The topological polar surface area (TPSA) is 298 Å². The highest BCUT2D eigenvalue weighted by Gasteiger charge is 2.69.